The number of carbonyl (C=O) groups excluding carboxylic acids is 2. The largest absolute Gasteiger partial charge is 0.364 e. The van der Waals surface area contributed by atoms with E-state index in [1.54, 1.807) is 13.0 Å². The molecule has 21 heavy (non-hydrogen) atoms. The SMILES string of the molecule is C[C@H](NC(=O)CNC(=O)c1cccc(F)c1)c1ccon1. The number of amides is 2. The lowest BCUT2D eigenvalue weighted by atomic mass is 10.2. The van der Waals surface area contributed by atoms with E-state index in [0.717, 1.165) is 6.07 Å². The highest BCUT2D eigenvalue weighted by Gasteiger charge is 2.13. The maximum Gasteiger partial charge on any atom is 0.251 e. The van der Waals surface area contributed by atoms with Crippen molar-refractivity contribution < 1.29 is 18.5 Å². The number of halogens is 1. The van der Waals surface area contributed by atoms with Crippen molar-refractivity contribution in [1.29, 1.82) is 0 Å². The van der Waals surface area contributed by atoms with Crippen LogP contribution in [0, 0.1) is 5.82 Å². The highest BCUT2D eigenvalue weighted by Crippen LogP contribution is 2.08. The van der Waals surface area contributed by atoms with Gasteiger partial charge in [-0.25, -0.2) is 4.39 Å². The highest BCUT2D eigenvalue weighted by molar-refractivity contribution is 5.96. The summed E-state index contributed by atoms with van der Waals surface area (Å²) in [5.74, 6) is -1.40. The zero-order valence-corrected chi connectivity index (χ0v) is 11.3. The van der Waals surface area contributed by atoms with Crippen molar-refractivity contribution >= 4 is 11.8 Å². The summed E-state index contributed by atoms with van der Waals surface area (Å²) in [7, 11) is 0. The first-order valence-electron chi connectivity index (χ1n) is 6.29. The average molecular weight is 291 g/mol. The molecule has 0 aliphatic heterocycles. The molecule has 0 aliphatic carbocycles. The zero-order valence-electron chi connectivity index (χ0n) is 11.3. The summed E-state index contributed by atoms with van der Waals surface area (Å²) in [6, 6.07) is 6.54. The van der Waals surface area contributed by atoms with Crippen LogP contribution in [0.15, 0.2) is 41.1 Å². The van der Waals surface area contributed by atoms with Gasteiger partial charge >= 0.3 is 0 Å². The van der Waals surface area contributed by atoms with Gasteiger partial charge in [-0.15, -0.1) is 0 Å². The molecule has 1 heterocycles. The summed E-state index contributed by atoms with van der Waals surface area (Å²) in [4.78, 5) is 23.4. The van der Waals surface area contributed by atoms with Gasteiger partial charge in [-0.2, -0.15) is 0 Å². The van der Waals surface area contributed by atoms with Gasteiger partial charge in [0.1, 0.15) is 17.8 Å². The molecule has 0 unspecified atom stereocenters. The summed E-state index contributed by atoms with van der Waals surface area (Å²) < 4.78 is 17.7. The molecule has 1 atom stereocenters. The van der Waals surface area contributed by atoms with Crippen LogP contribution in [0.4, 0.5) is 4.39 Å². The highest BCUT2D eigenvalue weighted by atomic mass is 19.1. The van der Waals surface area contributed by atoms with Gasteiger partial charge in [0.15, 0.2) is 0 Å². The van der Waals surface area contributed by atoms with Crippen LogP contribution in [-0.4, -0.2) is 23.5 Å². The van der Waals surface area contributed by atoms with Gasteiger partial charge in [0.2, 0.25) is 5.91 Å². The average Bonchev–Trinajstić information content (AvgIpc) is 2.99. The summed E-state index contributed by atoms with van der Waals surface area (Å²) >= 11 is 0. The van der Waals surface area contributed by atoms with Crippen LogP contribution in [0.5, 0.6) is 0 Å². The molecule has 2 amide bonds. The van der Waals surface area contributed by atoms with Crippen LogP contribution in [0.2, 0.25) is 0 Å². The van der Waals surface area contributed by atoms with Crippen molar-refractivity contribution in [2.45, 2.75) is 13.0 Å². The minimum absolute atomic E-state index is 0.160. The molecule has 0 spiro atoms. The van der Waals surface area contributed by atoms with E-state index in [1.807, 2.05) is 0 Å². The van der Waals surface area contributed by atoms with Gasteiger partial charge < -0.3 is 15.2 Å². The van der Waals surface area contributed by atoms with Crippen LogP contribution in [0.3, 0.4) is 0 Å². The number of aromatic nitrogens is 1. The fourth-order valence-corrected chi connectivity index (χ4v) is 1.70. The van der Waals surface area contributed by atoms with Gasteiger partial charge in [-0.1, -0.05) is 11.2 Å². The zero-order chi connectivity index (χ0) is 15.2. The molecule has 0 aliphatic rings. The quantitative estimate of drug-likeness (QED) is 0.872. The summed E-state index contributed by atoms with van der Waals surface area (Å²) in [5, 5.41) is 8.77. The topological polar surface area (TPSA) is 84.2 Å². The van der Waals surface area contributed by atoms with E-state index in [0.29, 0.717) is 5.69 Å². The summed E-state index contributed by atoms with van der Waals surface area (Å²) in [6.07, 6.45) is 1.41. The van der Waals surface area contributed by atoms with E-state index in [2.05, 4.69) is 20.3 Å². The van der Waals surface area contributed by atoms with Crippen molar-refractivity contribution in [3.05, 3.63) is 53.7 Å². The van der Waals surface area contributed by atoms with Crippen molar-refractivity contribution in [1.82, 2.24) is 15.8 Å². The number of benzene rings is 1. The summed E-state index contributed by atoms with van der Waals surface area (Å²) in [5.41, 5.74) is 0.743. The predicted octanol–water partition coefficient (Wildman–Crippen LogP) is 1.42. The standard InChI is InChI=1S/C14H14FN3O3/c1-9(12-5-6-21-18-12)17-13(19)8-16-14(20)10-3-2-4-11(15)7-10/h2-7,9H,8H2,1H3,(H,16,20)(H,17,19)/t9-/m0/s1. The Morgan fingerprint density at radius 2 is 2.19 bits per heavy atom. The van der Waals surface area contributed by atoms with Gasteiger partial charge in [-0.3, -0.25) is 9.59 Å². The van der Waals surface area contributed by atoms with E-state index in [1.165, 1.54) is 24.5 Å². The van der Waals surface area contributed by atoms with Crippen LogP contribution in [0.25, 0.3) is 0 Å². The third-order valence-corrected chi connectivity index (χ3v) is 2.78. The number of rotatable bonds is 5. The Hall–Kier alpha value is -2.70. The van der Waals surface area contributed by atoms with E-state index in [4.69, 9.17) is 0 Å². The number of carbonyl (C=O) groups is 2. The van der Waals surface area contributed by atoms with Gasteiger partial charge in [-0.05, 0) is 25.1 Å². The number of hydrogen-bond donors (Lipinski definition) is 2. The number of hydrogen-bond acceptors (Lipinski definition) is 4. The van der Waals surface area contributed by atoms with Gasteiger partial charge in [0, 0.05) is 11.6 Å². The first kappa shape index (κ1) is 14.7. The molecule has 0 saturated heterocycles. The molecular weight excluding hydrogens is 277 g/mol. The first-order valence-corrected chi connectivity index (χ1v) is 6.29. The molecule has 1 aromatic carbocycles. The molecule has 110 valence electrons. The van der Waals surface area contributed by atoms with E-state index >= 15 is 0 Å². The summed E-state index contributed by atoms with van der Waals surface area (Å²) in [6.45, 7) is 1.53. The maximum absolute atomic E-state index is 13.0. The molecule has 1 aromatic heterocycles. The molecular formula is C14H14FN3O3. The Bertz CT molecular complexity index is 628. The lowest BCUT2D eigenvalue weighted by Gasteiger charge is -2.11. The third-order valence-electron chi connectivity index (χ3n) is 2.78. The second kappa shape index (κ2) is 6.65. The normalized spacial score (nSPS) is 11.7. The lowest BCUT2D eigenvalue weighted by Crippen LogP contribution is -2.38. The fourth-order valence-electron chi connectivity index (χ4n) is 1.70. The molecule has 0 saturated carbocycles. The molecule has 0 fully saturated rings. The Balaban J connectivity index is 1.82. The maximum atomic E-state index is 13.0. The van der Waals surface area contributed by atoms with E-state index in [9.17, 15) is 14.0 Å². The smallest absolute Gasteiger partial charge is 0.251 e. The Kier molecular flexibility index (Phi) is 4.65. The third kappa shape index (κ3) is 4.13. The van der Waals surface area contributed by atoms with Crippen molar-refractivity contribution in [3.63, 3.8) is 0 Å². The Labute approximate surface area is 120 Å². The van der Waals surface area contributed by atoms with E-state index < -0.39 is 11.7 Å². The first-order chi connectivity index (χ1) is 10.1. The molecule has 0 radical (unpaired) electrons. The fraction of sp³-hybridized carbons (Fsp3) is 0.214. The number of nitrogens with zero attached hydrogens (tertiary/aromatic N) is 1. The predicted molar refractivity (Wildman–Crippen MR) is 71.8 cm³/mol. The van der Waals surface area contributed by atoms with Crippen molar-refractivity contribution in [2.75, 3.05) is 6.54 Å². The molecule has 2 rings (SSSR count). The van der Waals surface area contributed by atoms with E-state index in [-0.39, 0.29) is 24.1 Å². The monoisotopic (exact) mass is 291 g/mol. The Morgan fingerprint density at radius 3 is 2.86 bits per heavy atom. The molecule has 6 nitrogen and oxygen atoms in total. The number of nitrogens with one attached hydrogen (secondary N) is 2. The molecule has 0 bridgehead atoms. The van der Waals surface area contributed by atoms with Crippen molar-refractivity contribution in [3.8, 4) is 0 Å². The Morgan fingerprint density at radius 1 is 1.38 bits per heavy atom. The molecule has 2 aromatic rings. The second-order valence-corrected chi connectivity index (χ2v) is 4.41. The van der Waals surface area contributed by atoms with Gasteiger partial charge in [0.05, 0.1) is 12.6 Å². The lowest BCUT2D eigenvalue weighted by molar-refractivity contribution is -0.120. The second-order valence-electron chi connectivity index (χ2n) is 4.41. The molecule has 2 N–H and O–H groups in total. The van der Waals surface area contributed by atoms with Crippen molar-refractivity contribution in [2.24, 2.45) is 0 Å². The van der Waals surface area contributed by atoms with Crippen LogP contribution in [-0.2, 0) is 4.79 Å². The van der Waals surface area contributed by atoms with Crippen LogP contribution >= 0.6 is 0 Å². The minimum atomic E-state index is -0.515. The molecule has 7 heteroatoms. The minimum Gasteiger partial charge on any atom is -0.364 e. The van der Waals surface area contributed by atoms with Crippen LogP contribution in [0.1, 0.15) is 29.0 Å². The van der Waals surface area contributed by atoms with Gasteiger partial charge in [0.25, 0.3) is 5.91 Å². The van der Waals surface area contributed by atoms with Crippen LogP contribution < -0.4 is 10.6 Å².